The summed E-state index contributed by atoms with van der Waals surface area (Å²) in [7, 11) is 0. The number of rotatable bonds is 5. The number of nitrogens with zero attached hydrogens (tertiary/aromatic N) is 2. The first-order valence-electron chi connectivity index (χ1n) is 9.62. The van der Waals surface area contributed by atoms with Gasteiger partial charge in [-0.25, -0.2) is 0 Å². The van der Waals surface area contributed by atoms with Gasteiger partial charge in [0, 0.05) is 30.7 Å². The highest BCUT2D eigenvalue weighted by Crippen LogP contribution is 2.20. The number of amides is 2. The molecular formula is C22H25BrN2O3. The largest absolute Gasteiger partial charge is 0.483 e. The lowest BCUT2D eigenvalue weighted by Gasteiger charge is -2.23. The lowest BCUT2D eigenvalue weighted by atomic mass is 10.1. The number of hydrogen-bond donors (Lipinski definition) is 0. The Morgan fingerprint density at radius 1 is 0.964 bits per heavy atom. The van der Waals surface area contributed by atoms with Crippen LogP contribution in [-0.4, -0.2) is 54.4 Å². The molecule has 28 heavy (non-hydrogen) atoms. The molecule has 3 rings (SSSR count). The summed E-state index contributed by atoms with van der Waals surface area (Å²) in [6.07, 6.45) is 1.62. The number of hydrogen-bond acceptors (Lipinski definition) is 3. The van der Waals surface area contributed by atoms with Crippen molar-refractivity contribution >= 4 is 27.7 Å². The lowest BCUT2D eigenvalue weighted by Crippen LogP contribution is -2.39. The first-order valence-corrected chi connectivity index (χ1v) is 10.4. The van der Waals surface area contributed by atoms with E-state index in [0.717, 1.165) is 28.6 Å². The van der Waals surface area contributed by atoms with Crippen LogP contribution in [0.25, 0.3) is 0 Å². The summed E-state index contributed by atoms with van der Waals surface area (Å²) in [5, 5.41) is 0. The summed E-state index contributed by atoms with van der Waals surface area (Å²) in [4.78, 5) is 29.0. The second kappa shape index (κ2) is 9.73. The monoisotopic (exact) mass is 444 g/mol. The molecule has 1 aliphatic rings. The Balaban J connectivity index is 1.56. The normalized spacial score (nSPS) is 14.5. The van der Waals surface area contributed by atoms with Crippen molar-refractivity contribution in [2.45, 2.75) is 19.8 Å². The van der Waals surface area contributed by atoms with Gasteiger partial charge in [0.2, 0.25) is 0 Å². The Hall–Kier alpha value is -2.34. The van der Waals surface area contributed by atoms with E-state index in [2.05, 4.69) is 22.9 Å². The molecule has 5 nitrogen and oxygen atoms in total. The molecule has 1 aliphatic heterocycles. The average Bonchev–Trinajstić information content (AvgIpc) is 2.98. The van der Waals surface area contributed by atoms with Crippen molar-refractivity contribution < 1.29 is 14.3 Å². The van der Waals surface area contributed by atoms with Crippen LogP contribution in [0.4, 0.5) is 0 Å². The van der Waals surface area contributed by atoms with Crippen molar-refractivity contribution in [2.75, 3.05) is 32.8 Å². The van der Waals surface area contributed by atoms with E-state index in [0.29, 0.717) is 31.7 Å². The second-order valence-corrected chi connectivity index (χ2v) is 7.61. The number of halogens is 1. The maximum absolute atomic E-state index is 12.8. The zero-order valence-electron chi connectivity index (χ0n) is 16.1. The molecular weight excluding hydrogens is 420 g/mol. The van der Waals surface area contributed by atoms with Crippen LogP contribution in [0.15, 0.2) is 53.0 Å². The van der Waals surface area contributed by atoms with Gasteiger partial charge in [0.15, 0.2) is 6.61 Å². The zero-order chi connectivity index (χ0) is 19.9. The third-order valence-corrected chi connectivity index (χ3v) is 5.64. The standard InChI is InChI=1S/C22H25BrN2O3/c1-2-17-8-3-6-11-20(17)28-16-21(26)24-12-7-13-25(15-14-24)22(27)18-9-4-5-10-19(18)23/h3-6,8-11H,2,7,12-16H2,1H3. The lowest BCUT2D eigenvalue weighted by molar-refractivity contribution is -0.133. The highest BCUT2D eigenvalue weighted by molar-refractivity contribution is 9.10. The van der Waals surface area contributed by atoms with Crippen LogP contribution < -0.4 is 4.74 Å². The van der Waals surface area contributed by atoms with Gasteiger partial charge in [0.25, 0.3) is 11.8 Å². The van der Waals surface area contributed by atoms with Gasteiger partial charge in [-0.15, -0.1) is 0 Å². The van der Waals surface area contributed by atoms with Crippen molar-refractivity contribution in [3.8, 4) is 5.75 Å². The molecule has 2 aromatic carbocycles. The van der Waals surface area contributed by atoms with E-state index in [4.69, 9.17) is 4.74 Å². The predicted molar refractivity (Wildman–Crippen MR) is 113 cm³/mol. The molecule has 0 atom stereocenters. The number of carbonyl (C=O) groups excluding carboxylic acids is 2. The molecule has 2 aromatic rings. The van der Waals surface area contributed by atoms with Gasteiger partial charge >= 0.3 is 0 Å². The topological polar surface area (TPSA) is 49.9 Å². The maximum atomic E-state index is 12.8. The van der Waals surface area contributed by atoms with Crippen LogP contribution in [0.3, 0.4) is 0 Å². The molecule has 148 valence electrons. The Kier molecular flexibility index (Phi) is 7.09. The quantitative estimate of drug-likeness (QED) is 0.704. The Bertz CT molecular complexity index is 840. The average molecular weight is 445 g/mol. The molecule has 1 saturated heterocycles. The van der Waals surface area contributed by atoms with E-state index in [1.165, 1.54) is 0 Å². The first kappa shape index (κ1) is 20.4. The number of aryl methyl sites for hydroxylation is 1. The highest BCUT2D eigenvalue weighted by Gasteiger charge is 2.24. The van der Waals surface area contributed by atoms with E-state index >= 15 is 0 Å². The van der Waals surface area contributed by atoms with Crippen LogP contribution in [0.2, 0.25) is 0 Å². The molecule has 0 aliphatic carbocycles. The molecule has 0 unspecified atom stereocenters. The van der Waals surface area contributed by atoms with Crippen LogP contribution >= 0.6 is 15.9 Å². The molecule has 0 bridgehead atoms. The van der Waals surface area contributed by atoms with Crippen molar-refractivity contribution in [1.82, 2.24) is 9.80 Å². The number of carbonyl (C=O) groups is 2. The molecule has 0 saturated carbocycles. The fourth-order valence-corrected chi connectivity index (χ4v) is 3.80. The predicted octanol–water partition coefficient (Wildman–Crippen LogP) is 3.77. The van der Waals surface area contributed by atoms with Gasteiger partial charge in [-0.3, -0.25) is 9.59 Å². The van der Waals surface area contributed by atoms with E-state index in [9.17, 15) is 9.59 Å². The zero-order valence-corrected chi connectivity index (χ0v) is 17.7. The van der Waals surface area contributed by atoms with Crippen molar-refractivity contribution in [3.63, 3.8) is 0 Å². The van der Waals surface area contributed by atoms with E-state index < -0.39 is 0 Å². The van der Waals surface area contributed by atoms with Crippen LogP contribution in [0, 0.1) is 0 Å². The van der Waals surface area contributed by atoms with Crippen LogP contribution in [0.5, 0.6) is 5.75 Å². The first-order chi connectivity index (χ1) is 13.6. The van der Waals surface area contributed by atoms with Crippen LogP contribution in [0.1, 0.15) is 29.3 Å². The van der Waals surface area contributed by atoms with Gasteiger partial charge < -0.3 is 14.5 Å². The Labute approximate surface area is 174 Å². The third kappa shape index (κ3) is 4.93. The van der Waals surface area contributed by atoms with Crippen molar-refractivity contribution in [1.29, 1.82) is 0 Å². The smallest absolute Gasteiger partial charge is 0.260 e. The maximum Gasteiger partial charge on any atom is 0.260 e. The summed E-state index contributed by atoms with van der Waals surface area (Å²) in [5.41, 5.74) is 1.75. The second-order valence-electron chi connectivity index (χ2n) is 6.76. The molecule has 0 spiro atoms. The number of benzene rings is 2. The van der Waals surface area contributed by atoms with E-state index in [-0.39, 0.29) is 18.4 Å². The molecule has 0 aromatic heterocycles. The molecule has 0 N–H and O–H groups in total. The number of ether oxygens (including phenoxy) is 1. The Morgan fingerprint density at radius 3 is 2.43 bits per heavy atom. The van der Waals surface area contributed by atoms with Crippen LogP contribution in [-0.2, 0) is 11.2 Å². The van der Waals surface area contributed by atoms with Gasteiger partial charge in [0.05, 0.1) is 5.56 Å². The molecule has 1 heterocycles. The third-order valence-electron chi connectivity index (χ3n) is 4.94. The van der Waals surface area contributed by atoms with Gasteiger partial charge in [-0.1, -0.05) is 37.3 Å². The van der Waals surface area contributed by atoms with E-state index in [1.807, 2.05) is 53.4 Å². The summed E-state index contributed by atoms with van der Waals surface area (Å²) >= 11 is 3.44. The summed E-state index contributed by atoms with van der Waals surface area (Å²) in [5.74, 6) is 0.717. The summed E-state index contributed by atoms with van der Waals surface area (Å²) in [6, 6.07) is 15.2. The van der Waals surface area contributed by atoms with Gasteiger partial charge in [0.1, 0.15) is 5.75 Å². The molecule has 0 radical (unpaired) electrons. The van der Waals surface area contributed by atoms with Crippen molar-refractivity contribution in [3.05, 3.63) is 64.1 Å². The fourth-order valence-electron chi connectivity index (χ4n) is 3.34. The SMILES string of the molecule is CCc1ccccc1OCC(=O)N1CCCN(C(=O)c2ccccc2Br)CC1. The minimum Gasteiger partial charge on any atom is -0.483 e. The summed E-state index contributed by atoms with van der Waals surface area (Å²) < 4.78 is 6.56. The van der Waals surface area contributed by atoms with Gasteiger partial charge in [-0.2, -0.15) is 0 Å². The molecule has 2 amide bonds. The summed E-state index contributed by atoms with van der Waals surface area (Å²) in [6.45, 7) is 4.41. The molecule has 6 heteroatoms. The van der Waals surface area contributed by atoms with Gasteiger partial charge in [-0.05, 0) is 52.5 Å². The minimum absolute atomic E-state index is 0.00472. The highest BCUT2D eigenvalue weighted by atomic mass is 79.9. The fraction of sp³-hybridized carbons (Fsp3) is 0.364. The molecule has 1 fully saturated rings. The van der Waals surface area contributed by atoms with E-state index in [1.54, 1.807) is 4.90 Å². The van der Waals surface area contributed by atoms with Crippen molar-refractivity contribution in [2.24, 2.45) is 0 Å². The Morgan fingerprint density at radius 2 is 1.64 bits per heavy atom. The minimum atomic E-state index is -0.0407. The number of para-hydroxylation sites is 1.